The maximum atomic E-state index is 11.5. The molecule has 22 heavy (non-hydrogen) atoms. The fourth-order valence-electron chi connectivity index (χ4n) is 1.24. The van der Waals surface area contributed by atoms with E-state index < -0.39 is 23.9 Å². The summed E-state index contributed by atoms with van der Waals surface area (Å²) in [5.41, 5.74) is 5.59. The van der Waals surface area contributed by atoms with Crippen molar-refractivity contribution in [2.24, 2.45) is 0 Å². The third-order valence-electron chi connectivity index (χ3n) is 1.90. The third kappa shape index (κ3) is 4.32. The summed E-state index contributed by atoms with van der Waals surface area (Å²) in [5.74, 6) is 0.00519. The molecule has 2 aromatic heterocycles. The molecule has 2 heterocycles. The molecular formula is C5H8N5O9P3. The van der Waals surface area contributed by atoms with Gasteiger partial charge in [-0.15, -0.1) is 4.73 Å². The smallest absolute Gasteiger partial charge is 0.382 e. The monoisotopic (exact) mass is 375 g/mol. The predicted octanol–water partition coefficient (Wildman–Crippen LogP) is -0.547. The molecular weight excluding hydrogens is 367 g/mol. The van der Waals surface area contributed by atoms with Crippen LogP contribution in [0.3, 0.4) is 0 Å². The van der Waals surface area contributed by atoms with Crippen LogP contribution in [-0.4, -0.2) is 34.4 Å². The number of fused-ring (bicyclic) bond motifs is 1. The summed E-state index contributed by atoms with van der Waals surface area (Å²) in [7, 11) is -14.4. The van der Waals surface area contributed by atoms with Gasteiger partial charge >= 0.3 is 23.9 Å². The van der Waals surface area contributed by atoms with E-state index in [4.69, 9.17) is 20.4 Å². The summed E-state index contributed by atoms with van der Waals surface area (Å²) in [6.45, 7) is 0. The SMILES string of the molecule is Nc1ncnc2c1ncn2O[PH](=O)OP(=O)(O)OP(=O)(O)O. The molecule has 0 aromatic carbocycles. The van der Waals surface area contributed by atoms with E-state index in [0.29, 0.717) is 4.73 Å². The fraction of sp³-hybridized carbons (Fsp3) is 0. The second-order valence-corrected chi connectivity index (χ2v) is 7.46. The first-order chi connectivity index (χ1) is 10.1. The van der Waals surface area contributed by atoms with Gasteiger partial charge in [-0.2, -0.15) is 8.62 Å². The fourth-order valence-corrected chi connectivity index (χ4v) is 3.93. The molecule has 5 N–H and O–H groups in total. The van der Waals surface area contributed by atoms with Crippen LogP contribution in [0.5, 0.6) is 0 Å². The quantitative estimate of drug-likeness (QED) is 0.468. The molecule has 0 spiro atoms. The van der Waals surface area contributed by atoms with E-state index in [2.05, 4.69) is 28.2 Å². The van der Waals surface area contributed by atoms with E-state index in [1.165, 1.54) is 0 Å². The summed E-state index contributed by atoms with van der Waals surface area (Å²) in [6.07, 6.45) is 2.04. The number of aromatic nitrogens is 4. The number of hydrogen-bond donors (Lipinski definition) is 4. The van der Waals surface area contributed by atoms with Gasteiger partial charge in [0.05, 0.1) is 0 Å². The maximum Gasteiger partial charge on any atom is 0.488 e. The van der Waals surface area contributed by atoms with Gasteiger partial charge < -0.3 is 25.0 Å². The number of anilines is 1. The van der Waals surface area contributed by atoms with Crippen LogP contribution in [0.15, 0.2) is 12.7 Å². The number of nitrogens with two attached hydrogens (primary N) is 1. The molecule has 0 saturated heterocycles. The Morgan fingerprint density at radius 3 is 2.55 bits per heavy atom. The number of hydrogen-bond acceptors (Lipinski definition) is 10. The van der Waals surface area contributed by atoms with Crippen LogP contribution in [0.1, 0.15) is 0 Å². The molecule has 0 aliphatic rings. The van der Waals surface area contributed by atoms with Gasteiger partial charge in [-0.1, -0.05) is 0 Å². The Morgan fingerprint density at radius 2 is 1.91 bits per heavy atom. The summed E-state index contributed by atoms with van der Waals surface area (Å²) in [6, 6.07) is 0. The molecule has 0 bridgehead atoms. The Morgan fingerprint density at radius 1 is 1.23 bits per heavy atom. The van der Waals surface area contributed by atoms with Crippen LogP contribution in [0, 0.1) is 0 Å². The maximum absolute atomic E-state index is 11.5. The van der Waals surface area contributed by atoms with Gasteiger partial charge in [-0.25, -0.2) is 28.6 Å². The highest BCUT2D eigenvalue weighted by Crippen LogP contribution is 2.61. The lowest BCUT2D eigenvalue weighted by molar-refractivity contribution is 0.210. The van der Waals surface area contributed by atoms with Gasteiger partial charge in [0.2, 0.25) is 5.65 Å². The van der Waals surface area contributed by atoms with Crippen LogP contribution >= 0.6 is 23.9 Å². The molecule has 0 amide bonds. The summed E-state index contributed by atoms with van der Waals surface area (Å²) in [5, 5.41) is 0. The topological polar surface area (TPSA) is 209 Å². The van der Waals surface area contributed by atoms with Crippen molar-refractivity contribution in [3.8, 4) is 0 Å². The lowest BCUT2D eigenvalue weighted by Gasteiger charge is -2.12. The lowest BCUT2D eigenvalue weighted by Crippen LogP contribution is -2.04. The van der Waals surface area contributed by atoms with Crippen molar-refractivity contribution >= 4 is 40.9 Å². The molecule has 2 rings (SSSR count). The van der Waals surface area contributed by atoms with E-state index >= 15 is 0 Å². The highest BCUT2D eigenvalue weighted by molar-refractivity contribution is 7.64. The van der Waals surface area contributed by atoms with Crippen LogP contribution in [0.2, 0.25) is 0 Å². The first kappa shape index (κ1) is 17.0. The zero-order chi connectivity index (χ0) is 16.5. The van der Waals surface area contributed by atoms with Crippen LogP contribution in [0.4, 0.5) is 5.82 Å². The number of nitrogen functional groups attached to an aromatic ring is 1. The molecule has 2 unspecified atom stereocenters. The Labute approximate surface area is 121 Å². The molecule has 122 valence electrons. The zero-order valence-corrected chi connectivity index (χ0v) is 13.0. The summed E-state index contributed by atoms with van der Waals surface area (Å²) < 4.78 is 45.9. The average molecular weight is 375 g/mol. The van der Waals surface area contributed by atoms with Crippen molar-refractivity contribution in [2.75, 3.05) is 5.73 Å². The Hall–Kier alpha value is -1.36. The first-order valence-corrected chi connectivity index (χ1v) is 9.27. The van der Waals surface area contributed by atoms with Gasteiger partial charge in [0.25, 0.3) is 0 Å². The predicted molar refractivity (Wildman–Crippen MR) is 69.4 cm³/mol. The van der Waals surface area contributed by atoms with Crippen molar-refractivity contribution < 1.29 is 41.6 Å². The molecule has 17 heteroatoms. The number of rotatable bonds is 6. The molecule has 2 aromatic rings. The Kier molecular flexibility index (Phi) is 4.66. The largest absolute Gasteiger partial charge is 0.488 e. The molecule has 2 atom stereocenters. The van der Waals surface area contributed by atoms with Gasteiger partial charge in [-0.3, -0.25) is 0 Å². The minimum Gasteiger partial charge on any atom is -0.382 e. The normalized spacial score (nSPS) is 16.3. The second kappa shape index (κ2) is 6.03. The molecule has 0 aliphatic carbocycles. The van der Waals surface area contributed by atoms with Gasteiger partial charge in [-0.05, 0) is 0 Å². The second-order valence-electron chi connectivity index (χ2n) is 3.47. The molecule has 0 aliphatic heterocycles. The van der Waals surface area contributed by atoms with Crippen molar-refractivity contribution in [3.63, 3.8) is 0 Å². The van der Waals surface area contributed by atoms with Crippen molar-refractivity contribution in [3.05, 3.63) is 12.7 Å². The highest BCUT2D eigenvalue weighted by Gasteiger charge is 2.35. The summed E-state index contributed by atoms with van der Waals surface area (Å²) >= 11 is 0. The molecule has 14 nitrogen and oxygen atoms in total. The van der Waals surface area contributed by atoms with E-state index in [1.54, 1.807) is 0 Å². The lowest BCUT2D eigenvalue weighted by atomic mass is 10.5. The number of nitrogens with zero attached hydrogens (tertiary/aromatic N) is 4. The molecule has 0 radical (unpaired) electrons. The van der Waals surface area contributed by atoms with E-state index in [1.807, 2.05) is 0 Å². The van der Waals surface area contributed by atoms with E-state index in [-0.39, 0.29) is 17.0 Å². The minimum atomic E-state index is -5.33. The van der Waals surface area contributed by atoms with Gasteiger partial charge in [0.1, 0.15) is 12.7 Å². The zero-order valence-electron chi connectivity index (χ0n) is 10.2. The molecule has 0 fully saturated rings. The standard InChI is InChI=1S/C5H8N5O9P3/c6-4-3-5(8-1-7-4)10(2-9-3)17-20(11)18-22(15,16)19-21(12,13)14/h1-2,20H,(H,15,16)(H2,6,7,8)(H2,12,13,14). The van der Waals surface area contributed by atoms with E-state index in [0.717, 1.165) is 12.7 Å². The van der Waals surface area contributed by atoms with Crippen molar-refractivity contribution in [2.45, 2.75) is 0 Å². The van der Waals surface area contributed by atoms with Crippen LogP contribution in [-0.2, 0) is 22.3 Å². The van der Waals surface area contributed by atoms with Crippen molar-refractivity contribution in [1.29, 1.82) is 0 Å². The van der Waals surface area contributed by atoms with Gasteiger partial charge in [0, 0.05) is 0 Å². The van der Waals surface area contributed by atoms with Gasteiger partial charge in [0.15, 0.2) is 11.3 Å². The Balaban J connectivity index is 2.13. The van der Waals surface area contributed by atoms with Crippen molar-refractivity contribution in [1.82, 2.24) is 19.7 Å². The molecule has 0 saturated carbocycles. The van der Waals surface area contributed by atoms with E-state index in [9.17, 15) is 13.7 Å². The first-order valence-electron chi connectivity index (χ1n) is 5.02. The summed E-state index contributed by atoms with van der Waals surface area (Å²) in [4.78, 5) is 36.9. The Bertz CT molecular complexity index is 815. The number of phosphoric acid groups is 2. The minimum absolute atomic E-state index is 0.00519. The van der Waals surface area contributed by atoms with Crippen LogP contribution in [0.25, 0.3) is 11.2 Å². The third-order valence-corrected chi connectivity index (χ3v) is 5.45. The average Bonchev–Trinajstić information content (AvgIpc) is 2.69. The highest BCUT2D eigenvalue weighted by atomic mass is 31.3. The number of imidazole rings is 1. The van der Waals surface area contributed by atoms with Crippen LogP contribution < -0.4 is 10.4 Å².